The molecule has 0 saturated carbocycles. The third-order valence-corrected chi connectivity index (χ3v) is 5.52. The zero-order chi connectivity index (χ0) is 24.5. The molecule has 0 aliphatic carbocycles. The number of nitrogens with zero attached hydrogens (tertiary/aromatic N) is 2. The summed E-state index contributed by atoms with van der Waals surface area (Å²) in [7, 11) is 0. The summed E-state index contributed by atoms with van der Waals surface area (Å²) < 4.78 is 5.92. The number of benzene rings is 4. The molecule has 1 amide bonds. The van der Waals surface area contributed by atoms with Gasteiger partial charge in [-0.3, -0.25) is 4.79 Å². The lowest BCUT2D eigenvalue weighted by Gasteiger charge is -2.27. The first-order valence-electron chi connectivity index (χ1n) is 11.0. The van der Waals surface area contributed by atoms with Crippen molar-refractivity contribution in [3.8, 4) is 11.8 Å². The Hall–Kier alpha value is -4.73. The van der Waals surface area contributed by atoms with Crippen LogP contribution in [0, 0.1) is 11.3 Å². The summed E-state index contributed by atoms with van der Waals surface area (Å²) in [5, 5.41) is 24.9. The third kappa shape index (κ3) is 5.27. The maximum atomic E-state index is 13.2. The molecule has 0 saturated heterocycles. The minimum atomic E-state index is -1.92. The van der Waals surface area contributed by atoms with Crippen molar-refractivity contribution in [2.24, 2.45) is 5.10 Å². The molecule has 4 rings (SSSR count). The van der Waals surface area contributed by atoms with Gasteiger partial charge < -0.3 is 9.84 Å². The predicted molar refractivity (Wildman–Crippen MR) is 134 cm³/mol. The number of nitriles is 1. The maximum Gasteiger partial charge on any atom is 0.281 e. The van der Waals surface area contributed by atoms with Crippen LogP contribution in [0.3, 0.4) is 0 Å². The van der Waals surface area contributed by atoms with Crippen molar-refractivity contribution in [2.75, 3.05) is 0 Å². The van der Waals surface area contributed by atoms with Crippen LogP contribution in [0.1, 0.15) is 27.8 Å². The summed E-state index contributed by atoms with van der Waals surface area (Å²) in [6, 6.07) is 34.1. The van der Waals surface area contributed by atoms with Crippen molar-refractivity contribution in [3.63, 3.8) is 0 Å². The Morgan fingerprint density at radius 2 is 1.46 bits per heavy atom. The Kier molecular flexibility index (Phi) is 7.31. The highest BCUT2D eigenvalue weighted by Gasteiger charge is 2.39. The minimum Gasteiger partial charge on any atom is -0.488 e. The summed E-state index contributed by atoms with van der Waals surface area (Å²) in [5.41, 5.74) is 3.36. The molecule has 6 heteroatoms. The fraction of sp³-hybridized carbons (Fsp3) is 0.0690. The Balaban J connectivity index is 1.53. The Bertz CT molecular complexity index is 1320. The van der Waals surface area contributed by atoms with Gasteiger partial charge in [0, 0.05) is 11.1 Å². The second kappa shape index (κ2) is 10.9. The predicted octanol–water partition coefficient (Wildman–Crippen LogP) is 4.52. The van der Waals surface area contributed by atoms with Crippen molar-refractivity contribution in [2.45, 2.75) is 12.2 Å². The zero-order valence-electron chi connectivity index (χ0n) is 18.8. The number of hydrogen-bond acceptors (Lipinski definition) is 5. The highest BCUT2D eigenvalue weighted by molar-refractivity contribution is 5.91. The van der Waals surface area contributed by atoms with Crippen LogP contribution in [0.25, 0.3) is 0 Å². The van der Waals surface area contributed by atoms with E-state index < -0.39 is 11.5 Å². The number of para-hydroxylation sites is 1. The number of nitrogens with one attached hydrogen (secondary N) is 1. The van der Waals surface area contributed by atoms with E-state index in [1.807, 2.05) is 36.4 Å². The highest BCUT2D eigenvalue weighted by atomic mass is 16.5. The number of amides is 1. The molecule has 0 bridgehead atoms. The number of carbonyl (C=O) groups is 1. The van der Waals surface area contributed by atoms with Crippen LogP contribution in [-0.2, 0) is 17.0 Å². The van der Waals surface area contributed by atoms with E-state index in [1.165, 1.54) is 6.21 Å². The van der Waals surface area contributed by atoms with Crippen LogP contribution in [0.5, 0.6) is 5.75 Å². The highest BCUT2D eigenvalue weighted by Crippen LogP contribution is 2.30. The van der Waals surface area contributed by atoms with Gasteiger partial charge in [-0.15, -0.1) is 0 Å². The fourth-order valence-electron chi connectivity index (χ4n) is 3.66. The van der Waals surface area contributed by atoms with E-state index in [9.17, 15) is 15.2 Å². The second-order valence-corrected chi connectivity index (χ2v) is 7.74. The average molecular weight is 462 g/mol. The van der Waals surface area contributed by atoms with E-state index in [0.717, 1.165) is 5.56 Å². The molecule has 0 radical (unpaired) electrons. The molecule has 2 N–H and O–H groups in total. The smallest absolute Gasteiger partial charge is 0.281 e. The summed E-state index contributed by atoms with van der Waals surface area (Å²) in [6.07, 6.45) is 1.46. The Morgan fingerprint density at radius 3 is 2.11 bits per heavy atom. The number of hydrazone groups is 1. The average Bonchev–Trinajstić information content (AvgIpc) is 2.93. The molecule has 0 atom stereocenters. The molecule has 0 spiro atoms. The van der Waals surface area contributed by atoms with E-state index in [4.69, 9.17) is 4.74 Å². The van der Waals surface area contributed by atoms with Gasteiger partial charge in [-0.25, -0.2) is 5.43 Å². The van der Waals surface area contributed by atoms with Crippen LogP contribution in [0.4, 0.5) is 0 Å². The third-order valence-electron chi connectivity index (χ3n) is 5.52. The zero-order valence-corrected chi connectivity index (χ0v) is 18.8. The van der Waals surface area contributed by atoms with Crippen molar-refractivity contribution < 1.29 is 14.6 Å². The Morgan fingerprint density at radius 1 is 0.886 bits per heavy atom. The van der Waals surface area contributed by atoms with E-state index in [-0.39, 0.29) is 6.61 Å². The monoisotopic (exact) mass is 461 g/mol. The molecule has 0 aromatic heterocycles. The second-order valence-electron chi connectivity index (χ2n) is 7.74. The first kappa shape index (κ1) is 23.4. The van der Waals surface area contributed by atoms with Crippen LogP contribution in [0.15, 0.2) is 114 Å². The lowest BCUT2D eigenvalue weighted by molar-refractivity contribution is -0.136. The molecule has 172 valence electrons. The van der Waals surface area contributed by atoms with Gasteiger partial charge in [0.05, 0.1) is 17.8 Å². The van der Waals surface area contributed by atoms with E-state index in [2.05, 4.69) is 16.6 Å². The molecule has 35 heavy (non-hydrogen) atoms. The number of rotatable bonds is 8. The topological polar surface area (TPSA) is 94.7 Å². The van der Waals surface area contributed by atoms with Crippen LogP contribution in [-0.4, -0.2) is 17.2 Å². The van der Waals surface area contributed by atoms with E-state index in [1.54, 1.807) is 72.8 Å². The number of aliphatic hydroxyl groups is 1. The lowest BCUT2D eigenvalue weighted by atomic mass is 9.85. The summed E-state index contributed by atoms with van der Waals surface area (Å²) in [5.74, 6) is -0.146. The SMILES string of the molecule is N#Cc1ccccc1COc1ccccc1C=NNC(=O)C(O)(c1ccccc1)c1ccccc1. The fourth-order valence-corrected chi connectivity index (χ4v) is 3.66. The molecule has 0 fully saturated rings. The maximum absolute atomic E-state index is 13.2. The minimum absolute atomic E-state index is 0.211. The van der Waals surface area contributed by atoms with Gasteiger partial charge in [0.25, 0.3) is 5.91 Å². The van der Waals surface area contributed by atoms with Gasteiger partial charge in [0.2, 0.25) is 0 Å². The summed E-state index contributed by atoms with van der Waals surface area (Å²) in [4.78, 5) is 13.2. The molecule has 4 aromatic carbocycles. The molecular weight excluding hydrogens is 438 g/mol. The number of carbonyl (C=O) groups excluding carboxylic acids is 1. The van der Waals surface area contributed by atoms with Crippen molar-refractivity contribution in [3.05, 3.63) is 137 Å². The lowest BCUT2D eigenvalue weighted by Crippen LogP contribution is -2.43. The van der Waals surface area contributed by atoms with Crippen LogP contribution >= 0.6 is 0 Å². The van der Waals surface area contributed by atoms with Gasteiger partial charge in [0.15, 0.2) is 5.60 Å². The van der Waals surface area contributed by atoms with Crippen LogP contribution in [0.2, 0.25) is 0 Å². The molecule has 0 aliphatic heterocycles. The van der Waals surface area contributed by atoms with Crippen molar-refractivity contribution >= 4 is 12.1 Å². The van der Waals surface area contributed by atoms with Crippen LogP contribution < -0.4 is 10.2 Å². The van der Waals surface area contributed by atoms with Gasteiger partial charge >= 0.3 is 0 Å². The van der Waals surface area contributed by atoms with Crippen molar-refractivity contribution in [1.82, 2.24) is 5.43 Å². The number of hydrogen-bond donors (Lipinski definition) is 2. The quantitative estimate of drug-likeness (QED) is 0.298. The first-order valence-corrected chi connectivity index (χ1v) is 11.0. The molecular formula is C29H23N3O3. The molecule has 0 heterocycles. The standard InChI is InChI=1S/C29H23N3O3/c30-19-22-11-7-8-13-24(22)21-35-27-18-10-9-12-23(27)20-31-32-28(33)29(34,25-14-3-1-4-15-25)26-16-5-2-6-17-26/h1-18,20,34H,21H2,(H,32,33). The summed E-state index contributed by atoms with van der Waals surface area (Å²) >= 11 is 0. The largest absolute Gasteiger partial charge is 0.488 e. The van der Waals surface area contributed by atoms with Gasteiger partial charge in [-0.05, 0) is 29.3 Å². The molecule has 0 unspecified atom stereocenters. The first-order chi connectivity index (χ1) is 17.1. The molecule has 6 nitrogen and oxygen atoms in total. The van der Waals surface area contributed by atoms with E-state index >= 15 is 0 Å². The molecule has 0 aliphatic rings. The molecule has 4 aromatic rings. The van der Waals surface area contributed by atoms with Gasteiger partial charge in [-0.2, -0.15) is 10.4 Å². The van der Waals surface area contributed by atoms with Crippen molar-refractivity contribution in [1.29, 1.82) is 5.26 Å². The number of ether oxygens (including phenoxy) is 1. The normalized spacial score (nSPS) is 11.1. The van der Waals surface area contributed by atoms with E-state index in [0.29, 0.717) is 28.0 Å². The Labute approximate surface area is 203 Å². The van der Waals surface area contributed by atoms with Gasteiger partial charge in [-0.1, -0.05) is 91.0 Å². The summed E-state index contributed by atoms with van der Waals surface area (Å²) in [6.45, 7) is 0.211. The van der Waals surface area contributed by atoms with Gasteiger partial charge in [0.1, 0.15) is 12.4 Å².